The zero-order valence-electron chi connectivity index (χ0n) is 25.8. The normalized spacial score (nSPS) is 11.8. The van der Waals surface area contributed by atoms with E-state index >= 15 is 0 Å². The first-order valence-corrected chi connectivity index (χ1v) is 16.6. The molecule has 0 aromatic rings. The predicted octanol–water partition coefficient (Wildman–Crippen LogP) is 6.67. The summed E-state index contributed by atoms with van der Waals surface area (Å²) in [6.45, 7) is 6.02. The number of hydrogen-bond acceptors (Lipinski definition) is 4. The van der Waals surface area contributed by atoms with Crippen LogP contribution in [0.4, 0.5) is 0 Å². The Morgan fingerprint density at radius 3 is 1.54 bits per heavy atom. The summed E-state index contributed by atoms with van der Waals surface area (Å²) in [5.41, 5.74) is 5.40. The molecule has 0 aliphatic heterocycles. The molecule has 0 radical (unpaired) electrons. The monoisotopic (exact) mass is 552 g/mol. The first-order valence-electron chi connectivity index (χ1n) is 16.6. The van der Waals surface area contributed by atoms with Crippen LogP contribution in [0.2, 0.25) is 0 Å². The van der Waals surface area contributed by atoms with Gasteiger partial charge in [0.15, 0.2) is 0 Å². The molecule has 0 heterocycles. The maximum atomic E-state index is 12.9. The van der Waals surface area contributed by atoms with Crippen molar-refractivity contribution < 1.29 is 14.4 Å². The lowest BCUT2D eigenvalue weighted by Gasteiger charge is -2.19. The van der Waals surface area contributed by atoms with Crippen LogP contribution in [-0.2, 0) is 14.4 Å². The van der Waals surface area contributed by atoms with E-state index in [4.69, 9.17) is 5.73 Å². The van der Waals surface area contributed by atoms with Crippen LogP contribution < -0.4 is 21.7 Å². The average Bonchev–Trinajstić information content (AvgIpc) is 2.93. The number of amides is 3. The van der Waals surface area contributed by atoms with Crippen molar-refractivity contribution in [2.75, 3.05) is 19.6 Å². The smallest absolute Gasteiger partial charge is 0.242 e. The van der Waals surface area contributed by atoms with E-state index in [0.29, 0.717) is 38.9 Å². The summed E-state index contributed by atoms with van der Waals surface area (Å²) in [6, 6.07) is -0.446. The Balaban J connectivity index is 4.29. The molecule has 0 spiro atoms. The van der Waals surface area contributed by atoms with Gasteiger partial charge in [0, 0.05) is 32.5 Å². The van der Waals surface area contributed by atoms with Crippen molar-refractivity contribution in [3.05, 3.63) is 0 Å². The molecule has 7 heteroatoms. The Morgan fingerprint density at radius 1 is 0.538 bits per heavy atom. The van der Waals surface area contributed by atoms with E-state index in [0.717, 1.165) is 44.9 Å². The lowest BCUT2D eigenvalue weighted by molar-refractivity contribution is -0.129. The summed E-state index contributed by atoms with van der Waals surface area (Å²) in [5.74, 6) is -0.0372. The van der Waals surface area contributed by atoms with E-state index in [9.17, 15) is 14.4 Å². The number of hydrogen-bond donors (Lipinski definition) is 4. The zero-order chi connectivity index (χ0) is 28.8. The molecule has 0 aromatic heterocycles. The first kappa shape index (κ1) is 37.4. The number of rotatable bonds is 29. The van der Waals surface area contributed by atoms with Crippen LogP contribution in [-0.4, -0.2) is 43.4 Å². The average molecular weight is 553 g/mol. The molecule has 0 bridgehead atoms. The van der Waals surface area contributed by atoms with E-state index in [1.54, 1.807) is 0 Å². The van der Waals surface area contributed by atoms with Crippen molar-refractivity contribution >= 4 is 17.7 Å². The SMILES string of the molecule is CCCCCCCCCCCC(=O)NC(CCCCCCCCCC)C(=O)NCCCCCC(=O)NCCN. The molecule has 0 rings (SSSR count). The van der Waals surface area contributed by atoms with Crippen LogP contribution in [0.25, 0.3) is 0 Å². The minimum absolute atomic E-state index is 0.00107. The van der Waals surface area contributed by atoms with Crippen LogP contribution in [0.5, 0.6) is 0 Å². The lowest BCUT2D eigenvalue weighted by Crippen LogP contribution is -2.46. The standard InChI is InChI=1S/C32H64N4O3/c1-3-5-7-9-11-13-15-17-20-25-31(38)36-29(23-19-16-14-12-10-8-6-4-2)32(39)35-27-22-18-21-24-30(37)34-28-26-33/h29H,3-28,33H2,1-2H3,(H,34,37)(H,35,39)(H,36,38). The number of nitrogens with two attached hydrogens (primary N) is 1. The van der Waals surface area contributed by atoms with Crippen LogP contribution in [0.1, 0.15) is 162 Å². The van der Waals surface area contributed by atoms with Gasteiger partial charge in [-0.1, -0.05) is 123 Å². The molecule has 0 saturated heterocycles. The fourth-order valence-corrected chi connectivity index (χ4v) is 4.84. The molecule has 230 valence electrons. The van der Waals surface area contributed by atoms with Crippen molar-refractivity contribution in [2.45, 2.75) is 168 Å². The summed E-state index contributed by atoms with van der Waals surface area (Å²) >= 11 is 0. The van der Waals surface area contributed by atoms with Gasteiger partial charge in [0.2, 0.25) is 17.7 Å². The Morgan fingerprint density at radius 2 is 1.00 bits per heavy atom. The molecular formula is C32H64N4O3. The van der Waals surface area contributed by atoms with Gasteiger partial charge in [-0.05, 0) is 25.7 Å². The second kappa shape index (κ2) is 29.4. The topological polar surface area (TPSA) is 113 Å². The van der Waals surface area contributed by atoms with Gasteiger partial charge in [-0.3, -0.25) is 14.4 Å². The minimum Gasteiger partial charge on any atom is -0.355 e. The third-order valence-electron chi connectivity index (χ3n) is 7.35. The maximum Gasteiger partial charge on any atom is 0.242 e. The van der Waals surface area contributed by atoms with Gasteiger partial charge < -0.3 is 21.7 Å². The highest BCUT2D eigenvalue weighted by atomic mass is 16.2. The van der Waals surface area contributed by atoms with Gasteiger partial charge >= 0.3 is 0 Å². The van der Waals surface area contributed by atoms with Crippen LogP contribution >= 0.6 is 0 Å². The highest BCUT2D eigenvalue weighted by Crippen LogP contribution is 2.13. The fourth-order valence-electron chi connectivity index (χ4n) is 4.84. The second-order valence-corrected chi connectivity index (χ2v) is 11.2. The number of carbonyl (C=O) groups is 3. The Hall–Kier alpha value is -1.63. The summed E-state index contributed by atoms with van der Waals surface area (Å²) in [7, 11) is 0. The summed E-state index contributed by atoms with van der Waals surface area (Å²) in [6.07, 6.45) is 24.9. The van der Waals surface area contributed by atoms with Crippen molar-refractivity contribution in [2.24, 2.45) is 5.73 Å². The largest absolute Gasteiger partial charge is 0.355 e. The molecule has 0 aromatic carbocycles. The van der Waals surface area contributed by atoms with Crippen LogP contribution in [0.3, 0.4) is 0 Å². The Kier molecular flexibility index (Phi) is 28.1. The van der Waals surface area contributed by atoms with Gasteiger partial charge in [0.05, 0.1) is 0 Å². The molecule has 1 atom stereocenters. The van der Waals surface area contributed by atoms with E-state index in [2.05, 4.69) is 29.8 Å². The Bertz CT molecular complexity index is 586. The minimum atomic E-state index is -0.446. The van der Waals surface area contributed by atoms with Gasteiger partial charge in [-0.2, -0.15) is 0 Å². The first-order chi connectivity index (χ1) is 19.0. The Labute approximate surface area is 241 Å². The van der Waals surface area contributed by atoms with Gasteiger partial charge in [0.25, 0.3) is 0 Å². The maximum absolute atomic E-state index is 12.9. The van der Waals surface area contributed by atoms with Gasteiger partial charge in [0.1, 0.15) is 6.04 Å². The summed E-state index contributed by atoms with van der Waals surface area (Å²) in [4.78, 5) is 37.2. The van der Waals surface area contributed by atoms with Crippen LogP contribution in [0.15, 0.2) is 0 Å². The molecule has 39 heavy (non-hydrogen) atoms. The summed E-state index contributed by atoms with van der Waals surface area (Å²) < 4.78 is 0. The highest BCUT2D eigenvalue weighted by Gasteiger charge is 2.19. The summed E-state index contributed by atoms with van der Waals surface area (Å²) in [5, 5.41) is 8.83. The number of carbonyl (C=O) groups excluding carboxylic acids is 3. The fraction of sp³-hybridized carbons (Fsp3) is 0.906. The quantitative estimate of drug-likeness (QED) is 0.0776. The van der Waals surface area contributed by atoms with E-state index in [1.807, 2.05) is 0 Å². The van der Waals surface area contributed by atoms with E-state index < -0.39 is 6.04 Å². The molecule has 1 unspecified atom stereocenters. The second-order valence-electron chi connectivity index (χ2n) is 11.2. The van der Waals surface area contributed by atoms with Crippen molar-refractivity contribution in [1.29, 1.82) is 0 Å². The van der Waals surface area contributed by atoms with E-state index in [-0.39, 0.29) is 17.7 Å². The van der Waals surface area contributed by atoms with Crippen molar-refractivity contribution in [3.8, 4) is 0 Å². The highest BCUT2D eigenvalue weighted by molar-refractivity contribution is 5.87. The molecule has 0 fully saturated rings. The molecule has 3 amide bonds. The molecule has 0 aliphatic rings. The predicted molar refractivity (Wildman–Crippen MR) is 165 cm³/mol. The third kappa shape index (κ3) is 26.4. The molecule has 7 nitrogen and oxygen atoms in total. The number of unbranched alkanes of at least 4 members (excludes halogenated alkanes) is 17. The molecular weight excluding hydrogens is 488 g/mol. The lowest BCUT2D eigenvalue weighted by atomic mass is 10.0. The zero-order valence-corrected chi connectivity index (χ0v) is 25.8. The van der Waals surface area contributed by atoms with Gasteiger partial charge in [-0.15, -0.1) is 0 Å². The van der Waals surface area contributed by atoms with Crippen molar-refractivity contribution in [3.63, 3.8) is 0 Å². The molecule has 0 aliphatic carbocycles. The van der Waals surface area contributed by atoms with E-state index in [1.165, 1.54) is 83.5 Å². The third-order valence-corrected chi connectivity index (χ3v) is 7.35. The number of nitrogens with one attached hydrogen (secondary N) is 3. The van der Waals surface area contributed by atoms with Gasteiger partial charge in [-0.25, -0.2) is 0 Å². The van der Waals surface area contributed by atoms with Crippen molar-refractivity contribution in [1.82, 2.24) is 16.0 Å². The van der Waals surface area contributed by atoms with Crippen LogP contribution in [0, 0.1) is 0 Å². The molecule has 5 N–H and O–H groups in total. The molecule has 0 saturated carbocycles.